The van der Waals surface area contributed by atoms with Crippen LogP contribution in [0.4, 0.5) is 0 Å². The van der Waals surface area contributed by atoms with E-state index in [0.717, 1.165) is 10.0 Å². The van der Waals surface area contributed by atoms with Crippen molar-refractivity contribution >= 4 is 15.9 Å². The van der Waals surface area contributed by atoms with Crippen molar-refractivity contribution in [2.75, 3.05) is 6.54 Å². The van der Waals surface area contributed by atoms with Crippen LogP contribution >= 0.6 is 15.9 Å². The molecule has 0 atom stereocenters. The second-order valence-corrected chi connectivity index (χ2v) is 5.66. The summed E-state index contributed by atoms with van der Waals surface area (Å²) < 4.78 is 0.771. The van der Waals surface area contributed by atoms with Crippen LogP contribution in [0, 0.1) is 6.92 Å². The maximum atomic E-state index is 9.65. The molecule has 0 spiro atoms. The molecule has 1 aliphatic rings. The Hall–Kier alpha value is -0.540. The van der Waals surface area contributed by atoms with Gasteiger partial charge in [0.05, 0.1) is 4.47 Å². The zero-order chi connectivity index (χ0) is 11.8. The van der Waals surface area contributed by atoms with Crippen molar-refractivity contribution in [3.8, 4) is 5.75 Å². The third-order valence-electron chi connectivity index (χ3n) is 3.82. The number of nitrogens with two attached hydrogens (primary N) is 1. The third-order valence-corrected chi connectivity index (χ3v) is 4.45. The molecule has 1 saturated carbocycles. The van der Waals surface area contributed by atoms with Crippen LogP contribution in [0.1, 0.15) is 36.8 Å². The number of hydrogen-bond donors (Lipinski definition) is 2. The lowest BCUT2D eigenvalue weighted by molar-refractivity contribution is 0.444. The highest BCUT2D eigenvalue weighted by Gasteiger charge is 2.35. The molecule has 0 aromatic heterocycles. The van der Waals surface area contributed by atoms with Crippen LogP contribution < -0.4 is 5.73 Å². The summed E-state index contributed by atoms with van der Waals surface area (Å²) in [6.45, 7) is 2.75. The zero-order valence-corrected chi connectivity index (χ0v) is 11.2. The Morgan fingerprint density at radius 3 is 2.56 bits per heavy atom. The molecule has 1 aliphatic carbocycles. The summed E-state index contributed by atoms with van der Waals surface area (Å²) in [6, 6.07) is 3.87. The van der Waals surface area contributed by atoms with Crippen LogP contribution in [0.5, 0.6) is 5.75 Å². The van der Waals surface area contributed by atoms with Crippen molar-refractivity contribution in [3.63, 3.8) is 0 Å². The van der Waals surface area contributed by atoms with Crippen LogP contribution in [-0.4, -0.2) is 11.7 Å². The fraction of sp³-hybridized carbons (Fsp3) is 0.538. The van der Waals surface area contributed by atoms with E-state index in [9.17, 15) is 5.11 Å². The van der Waals surface area contributed by atoms with Crippen LogP contribution in [-0.2, 0) is 5.41 Å². The molecule has 16 heavy (non-hydrogen) atoms. The summed E-state index contributed by atoms with van der Waals surface area (Å²) in [4.78, 5) is 0. The highest BCUT2D eigenvalue weighted by Crippen LogP contribution is 2.43. The van der Waals surface area contributed by atoms with Crippen molar-refractivity contribution in [1.82, 2.24) is 0 Å². The lowest BCUT2D eigenvalue weighted by Crippen LogP contribution is -2.32. The van der Waals surface area contributed by atoms with Crippen molar-refractivity contribution in [1.29, 1.82) is 0 Å². The van der Waals surface area contributed by atoms with E-state index in [2.05, 4.69) is 22.9 Å². The molecular weight excluding hydrogens is 266 g/mol. The van der Waals surface area contributed by atoms with Gasteiger partial charge in [0.2, 0.25) is 0 Å². The molecule has 1 aromatic carbocycles. The number of aryl methyl sites for hydroxylation is 1. The van der Waals surface area contributed by atoms with Crippen molar-refractivity contribution in [2.24, 2.45) is 5.73 Å². The maximum absolute atomic E-state index is 9.65. The van der Waals surface area contributed by atoms with Gasteiger partial charge < -0.3 is 10.8 Å². The van der Waals surface area contributed by atoms with Crippen molar-refractivity contribution in [2.45, 2.75) is 38.0 Å². The molecule has 1 fully saturated rings. The molecule has 0 bridgehead atoms. The van der Waals surface area contributed by atoms with Gasteiger partial charge in [-0.25, -0.2) is 0 Å². The van der Waals surface area contributed by atoms with E-state index in [4.69, 9.17) is 5.73 Å². The molecule has 3 N–H and O–H groups in total. The first-order chi connectivity index (χ1) is 7.59. The highest BCUT2D eigenvalue weighted by atomic mass is 79.9. The van der Waals surface area contributed by atoms with Crippen LogP contribution in [0.3, 0.4) is 0 Å². The van der Waals surface area contributed by atoms with E-state index < -0.39 is 0 Å². The Kier molecular flexibility index (Phi) is 3.27. The van der Waals surface area contributed by atoms with Crippen LogP contribution in [0.2, 0.25) is 0 Å². The molecular formula is C13H18BrNO. The molecule has 2 rings (SSSR count). The standard InChI is InChI=1S/C13H18BrNO/c1-9-6-12(16)11(14)7-10(9)13(8-15)4-2-3-5-13/h6-7,16H,2-5,8,15H2,1H3. The quantitative estimate of drug-likeness (QED) is 0.875. The molecule has 2 nitrogen and oxygen atoms in total. The molecule has 0 unspecified atom stereocenters. The summed E-state index contributed by atoms with van der Waals surface area (Å²) in [5.74, 6) is 0.311. The first-order valence-corrected chi connectivity index (χ1v) is 6.58. The van der Waals surface area contributed by atoms with E-state index in [1.54, 1.807) is 0 Å². The van der Waals surface area contributed by atoms with E-state index in [1.165, 1.54) is 31.2 Å². The average Bonchev–Trinajstić information content (AvgIpc) is 2.73. The van der Waals surface area contributed by atoms with E-state index in [1.807, 2.05) is 12.1 Å². The SMILES string of the molecule is Cc1cc(O)c(Br)cc1C1(CN)CCCC1. The Morgan fingerprint density at radius 2 is 2.00 bits per heavy atom. The number of phenols is 1. The molecule has 0 aliphatic heterocycles. The Balaban J connectivity index is 2.50. The topological polar surface area (TPSA) is 46.2 Å². The van der Waals surface area contributed by atoms with Gasteiger partial charge in [-0.2, -0.15) is 0 Å². The summed E-state index contributed by atoms with van der Waals surface area (Å²) in [7, 11) is 0. The van der Waals surface area contributed by atoms with E-state index in [-0.39, 0.29) is 5.41 Å². The number of rotatable bonds is 2. The smallest absolute Gasteiger partial charge is 0.130 e. The monoisotopic (exact) mass is 283 g/mol. The van der Waals surface area contributed by atoms with Gasteiger partial charge in [0.1, 0.15) is 5.75 Å². The lowest BCUT2D eigenvalue weighted by Gasteiger charge is -2.30. The Labute approximate surface area is 105 Å². The van der Waals surface area contributed by atoms with Gasteiger partial charge in [0, 0.05) is 12.0 Å². The minimum Gasteiger partial charge on any atom is -0.507 e. The third kappa shape index (κ3) is 1.87. The molecule has 0 saturated heterocycles. The fourth-order valence-corrected chi connectivity index (χ4v) is 3.22. The molecule has 0 radical (unpaired) electrons. The summed E-state index contributed by atoms with van der Waals surface area (Å²) in [5, 5.41) is 9.65. The Morgan fingerprint density at radius 1 is 1.38 bits per heavy atom. The number of phenolic OH excluding ortho intramolecular Hbond substituents is 1. The van der Waals surface area contributed by atoms with Gasteiger partial charge in [-0.3, -0.25) is 0 Å². The summed E-state index contributed by atoms with van der Waals surface area (Å²) >= 11 is 3.39. The van der Waals surface area contributed by atoms with E-state index >= 15 is 0 Å². The van der Waals surface area contributed by atoms with Gasteiger partial charge in [-0.1, -0.05) is 12.8 Å². The van der Waals surface area contributed by atoms with Crippen molar-refractivity contribution < 1.29 is 5.11 Å². The average molecular weight is 284 g/mol. The van der Waals surface area contributed by atoms with Gasteiger partial charge in [0.25, 0.3) is 0 Å². The second-order valence-electron chi connectivity index (χ2n) is 4.81. The Bertz CT molecular complexity index is 397. The molecule has 3 heteroatoms. The largest absolute Gasteiger partial charge is 0.507 e. The fourth-order valence-electron chi connectivity index (χ4n) is 2.87. The summed E-state index contributed by atoms with van der Waals surface area (Å²) in [6.07, 6.45) is 4.85. The summed E-state index contributed by atoms with van der Waals surface area (Å²) in [5.41, 5.74) is 8.57. The number of aromatic hydroxyl groups is 1. The molecule has 88 valence electrons. The van der Waals surface area contributed by atoms with E-state index in [0.29, 0.717) is 12.3 Å². The minimum atomic E-state index is 0.139. The molecule has 0 heterocycles. The van der Waals surface area contributed by atoms with Gasteiger partial charge >= 0.3 is 0 Å². The molecule has 1 aromatic rings. The van der Waals surface area contributed by atoms with Gasteiger partial charge in [-0.15, -0.1) is 0 Å². The second kappa shape index (κ2) is 4.38. The maximum Gasteiger partial charge on any atom is 0.130 e. The predicted octanol–water partition coefficient (Wildman–Crippen LogP) is 3.23. The molecule has 0 amide bonds. The lowest BCUT2D eigenvalue weighted by atomic mass is 9.77. The van der Waals surface area contributed by atoms with Crippen LogP contribution in [0.15, 0.2) is 16.6 Å². The van der Waals surface area contributed by atoms with Gasteiger partial charge in [0.15, 0.2) is 0 Å². The predicted molar refractivity (Wildman–Crippen MR) is 69.7 cm³/mol. The minimum absolute atomic E-state index is 0.139. The van der Waals surface area contributed by atoms with Gasteiger partial charge in [-0.05, 0) is 59.0 Å². The van der Waals surface area contributed by atoms with Crippen molar-refractivity contribution in [3.05, 3.63) is 27.7 Å². The normalized spacial score (nSPS) is 18.9. The number of hydrogen-bond acceptors (Lipinski definition) is 2. The highest BCUT2D eigenvalue weighted by molar-refractivity contribution is 9.10. The number of benzene rings is 1. The zero-order valence-electron chi connectivity index (χ0n) is 9.59. The first-order valence-electron chi connectivity index (χ1n) is 5.79. The number of halogens is 1. The first kappa shape index (κ1) is 11.9. The van der Waals surface area contributed by atoms with Crippen LogP contribution in [0.25, 0.3) is 0 Å².